The molecule has 0 bridgehead atoms. The van der Waals surface area contributed by atoms with Crippen LogP contribution in [0.15, 0.2) is 48.0 Å². The minimum atomic E-state index is -0.832. The minimum absolute atomic E-state index is 0.00780. The Bertz CT molecular complexity index is 1050. The van der Waals surface area contributed by atoms with E-state index in [0.29, 0.717) is 40.7 Å². The average Bonchev–Trinajstić information content (AvgIpc) is 3.08. The molecule has 2 aromatic rings. The first-order valence-electron chi connectivity index (χ1n) is 10.8. The lowest BCUT2D eigenvalue weighted by Gasteiger charge is -2.29. The van der Waals surface area contributed by atoms with Crippen LogP contribution in [0, 0.1) is 0 Å². The van der Waals surface area contributed by atoms with Crippen LogP contribution in [-0.2, 0) is 9.59 Å². The third kappa shape index (κ3) is 4.84. The monoisotopic (exact) mass is 472 g/mol. The molecule has 33 heavy (non-hydrogen) atoms. The summed E-state index contributed by atoms with van der Waals surface area (Å²) in [5.41, 5.74) is 0.965. The van der Waals surface area contributed by atoms with Crippen molar-refractivity contribution in [1.82, 2.24) is 9.80 Å². The van der Waals surface area contributed by atoms with Crippen LogP contribution in [0.1, 0.15) is 31.0 Å². The highest BCUT2D eigenvalue weighted by molar-refractivity contribution is 6.46. The lowest BCUT2D eigenvalue weighted by atomic mass is 9.94. The number of nitrogens with zero attached hydrogens (tertiary/aromatic N) is 2. The van der Waals surface area contributed by atoms with Gasteiger partial charge in [0.15, 0.2) is 11.5 Å². The van der Waals surface area contributed by atoms with Crippen LogP contribution in [-0.4, -0.2) is 67.0 Å². The maximum atomic E-state index is 13.2. The van der Waals surface area contributed by atoms with Crippen LogP contribution in [0.3, 0.4) is 0 Å². The Hall–Kier alpha value is -3.03. The molecule has 1 amide bonds. The number of benzene rings is 2. The molecule has 0 aromatic heterocycles. The third-order valence-electron chi connectivity index (χ3n) is 5.94. The molecule has 0 unspecified atom stereocenters. The van der Waals surface area contributed by atoms with Gasteiger partial charge in [-0.1, -0.05) is 37.6 Å². The lowest BCUT2D eigenvalue weighted by molar-refractivity contribution is -0.140. The zero-order valence-corrected chi connectivity index (χ0v) is 20.1. The molecular weight excluding hydrogens is 444 g/mol. The number of amides is 1. The molecule has 0 saturated carbocycles. The maximum Gasteiger partial charge on any atom is 0.295 e. The Kier molecular flexibility index (Phi) is 8.00. The molecule has 0 aliphatic carbocycles. The smallest absolute Gasteiger partial charge is 0.295 e. The van der Waals surface area contributed by atoms with Crippen molar-refractivity contribution >= 4 is 29.1 Å². The van der Waals surface area contributed by atoms with Crippen molar-refractivity contribution < 1.29 is 24.2 Å². The summed E-state index contributed by atoms with van der Waals surface area (Å²) in [5, 5.41) is 11.7. The van der Waals surface area contributed by atoms with E-state index < -0.39 is 17.7 Å². The zero-order chi connectivity index (χ0) is 24.1. The number of para-hydroxylation sites is 1. The number of ether oxygens (including phenoxy) is 2. The fourth-order valence-corrected chi connectivity index (χ4v) is 4.24. The zero-order valence-electron chi connectivity index (χ0n) is 19.3. The van der Waals surface area contributed by atoms with E-state index in [4.69, 9.17) is 21.1 Å². The standard InChI is InChI=1S/C25H29ClN2O5/c1-5-27(6-2)14-15-28-21(18-8-7-9-19(32-3)24(18)33-4)20(23(30)25(28)31)22(29)16-10-12-17(26)13-11-16/h7-13,21,29H,5-6,14-15H2,1-4H3/t21-/m1/s1. The van der Waals surface area contributed by atoms with Gasteiger partial charge in [0.1, 0.15) is 5.76 Å². The normalized spacial score (nSPS) is 17.6. The molecule has 3 rings (SSSR count). The predicted molar refractivity (Wildman–Crippen MR) is 128 cm³/mol. The van der Waals surface area contributed by atoms with Gasteiger partial charge in [0.2, 0.25) is 0 Å². The Labute approximate surface area is 199 Å². The molecule has 176 valence electrons. The van der Waals surface area contributed by atoms with Crippen LogP contribution >= 0.6 is 11.6 Å². The van der Waals surface area contributed by atoms with Crippen molar-refractivity contribution in [1.29, 1.82) is 0 Å². The second kappa shape index (κ2) is 10.7. The van der Waals surface area contributed by atoms with E-state index in [1.807, 2.05) is 13.8 Å². The fraction of sp³-hybridized carbons (Fsp3) is 0.360. The van der Waals surface area contributed by atoms with E-state index in [9.17, 15) is 14.7 Å². The van der Waals surface area contributed by atoms with Crippen molar-refractivity contribution in [3.05, 3.63) is 64.2 Å². The SMILES string of the molecule is CCN(CC)CCN1C(=O)C(=O)C(=C(O)c2ccc(Cl)cc2)[C@H]1c1cccc(OC)c1OC. The van der Waals surface area contributed by atoms with Crippen LogP contribution in [0.4, 0.5) is 0 Å². The fourth-order valence-electron chi connectivity index (χ4n) is 4.11. The van der Waals surface area contributed by atoms with Crippen LogP contribution in [0.5, 0.6) is 11.5 Å². The van der Waals surface area contributed by atoms with Crippen LogP contribution in [0.25, 0.3) is 5.76 Å². The van der Waals surface area contributed by atoms with Gasteiger partial charge in [0.05, 0.1) is 25.8 Å². The number of likely N-dealkylation sites (N-methyl/N-ethyl adjacent to an activating group) is 1. The summed E-state index contributed by atoms with van der Waals surface area (Å²) in [4.78, 5) is 30.0. The van der Waals surface area contributed by atoms with Crippen LogP contribution in [0.2, 0.25) is 5.02 Å². The Morgan fingerprint density at radius 1 is 1.06 bits per heavy atom. The summed E-state index contributed by atoms with van der Waals surface area (Å²) in [6.07, 6.45) is 0. The molecular formula is C25H29ClN2O5. The number of likely N-dealkylation sites (tertiary alicyclic amines) is 1. The second-order valence-electron chi connectivity index (χ2n) is 7.61. The van der Waals surface area contributed by atoms with Gasteiger partial charge in [-0.15, -0.1) is 0 Å². The Balaban J connectivity index is 2.19. The molecule has 1 N–H and O–H groups in total. The topological polar surface area (TPSA) is 79.3 Å². The van der Waals surface area contributed by atoms with Crippen LogP contribution < -0.4 is 9.47 Å². The summed E-state index contributed by atoms with van der Waals surface area (Å²) in [7, 11) is 3.02. The molecule has 0 spiro atoms. The van der Waals surface area contributed by atoms with Crippen molar-refractivity contribution in [2.45, 2.75) is 19.9 Å². The molecule has 1 heterocycles. The molecule has 7 nitrogen and oxygen atoms in total. The number of hydrogen-bond acceptors (Lipinski definition) is 6. The highest BCUT2D eigenvalue weighted by atomic mass is 35.5. The van der Waals surface area contributed by atoms with Crippen molar-refractivity contribution in [3.8, 4) is 11.5 Å². The summed E-state index contributed by atoms with van der Waals surface area (Å²) in [5.74, 6) is -0.785. The number of aliphatic hydroxyl groups is 1. The Morgan fingerprint density at radius 2 is 1.73 bits per heavy atom. The number of hydrogen-bond donors (Lipinski definition) is 1. The number of carbonyl (C=O) groups is 2. The van der Waals surface area contributed by atoms with Crippen molar-refractivity contribution in [2.75, 3.05) is 40.4 Å². The van der Waals surface area contributed by atoms with E-state index >= 15 is 0 Å². The number of Topliss-reactive ketones (excluding diaryl/α,β-unsaturated/α-hetero) is 1. The minimum Gasteiger partial charge on any atom is -0.507 e. The molecule has 2 aromatic carbocycles. The molecule has 0 radical (unpaired) electrons. The Morgan fingerprint density at radius 3 is 2.30 bits per heavy atom. The first-order chi connectivity index (χ1) is 15.9. The number of halogens is 1. The summed E-state index contributed by atoms with van der Waals surface area (Å²) in [6, 6.07) is 10.9. The number of methoxy groups -OCH3 is 2. The van der Waals surface area contributed by atoms with Gasteiger partial charge in [0, 0.05) is 29.2 Å². The first kappa shape index (κ1) is 24.6. The van der Waals surface area contributed by atoms with Gasteiger partial charge >= 0.3 is 0 Å². The van der Waals surface area contributed by atoms with Gasteiger partial charge in [-0.25, -0.2) is 0 Å². The van der Waals surface area contributed by atoms with E-state index in [1.165, 1.54) is 19.1 Å². The number of aliphatic hydroxyl groups excluding tert-OH is 1. The molecule has 1 fully saturated rings. The van der Waals surface area contributed by atoms with E-state index in [-0.39, 0.29) is 11.3 Å². The first-order valence-corrected chi connectivity index (χ1v) is 11.2. The molecule has 1 saturated heterocycles. The highest BCUT2D eigenvalue weighted by Gasteiger charge is 2.47. The molecule has 1 atom stereocenters. The van der Waals surface area contributed by atoms with Gasteiger partial charge < -0.3 is 24.4 Å². The van der Waals surface area contributed by atoms with Gasteiger partial charge in [-0.3, -0.25) is 9.59 Å². The van der Waals surface area contributed by atoms with Crippen molar-refractivity contribution in [3.63, 3.8) is 0 Å². The van der Waals surface area contributed by atoms with Gasteiger partial charge in [0.25, 0.3) is 11.7 Å². The molecule has 1 aliphatic rings. The number of rotatable bonds is 9. The van der Waals surface area contributed by atoms with Gasteiger partial charge in [-0.2, -0.15) is 0 Å². The largest absolute Gasteiger partial charge is 0.507 e. The average molecular weight is 473 g/mol. The van der Waals surface area contributed by atoms with Crippen molar-refractivity contribution in [2.24, 2.45) is 0 Å². The second-order valence-corrected chi connectivity index (χ2v) is 8.05. The van der Waals surface area contributed by atoms with E-state index in [2.05, 4.69) is 4.90 Å². The molecule has 8 heteroatoms. The highest BCUT2D eigenvalue weighted by Crippen LogP contribution is 2.45. The third-order valence-corrected chi connectivity index (χ3v) is 6.19. The van der Waals surface area contributed by atoms with E-state index in [1.54, 1.807) is 42.5 Å². The van der Waals surface area contributed by atoms with E-state index in [0.717, 1.165) is 13.1 Å². The number of carbonyl (C=O) groups excluding carboxylic acids is 2. The lowest BCUT2D eigenvalue weighted by Crippen LogP contribution is -2.38. The predicted octanol–water partition coefficient (Wildman–Crippen LogP) is 4.12. The summed E-state index contributed by atoms with van der Waals surface area (Å²) < 4.78 is 11.0. The summed E-state index contributed by atoms with van der Waals surface area (Å²) in [6.45, 7) is 6.62. The maximum absolute atomic E-state index is 13.2. The molecule has 1 aliphatic heterocycles. The number of ketones is 1. The summed E-state index contributed by atoms with van der Waals surface area (Å²) >= 11 is 5.98. The quantitative estimate of drug-likeness (QED) is 0.336. The van der Waals surface area contributed by atoms with Gasteiger partial charge in [-0.05, 0) is 43.4 Å².